The zero-order valence-electron chi connectivity index (χ0n) is 21.1. The lowest BCUT2D eigenvalue weighted by Crippen LogP contribution is -2.49. The van der Waals surface area contributed by atoms with Crippen molar-refractivity contribution in [3.63, 3.8) is 0 Å². The van der Waals surface area contributed by atoms with Crippen molar-refractivity contribution >= 4 is 22.9 Å². The molecule has 1 amide bonds. The molecule has 190 valence electrons. The number of hydrogen-bond acceptors (Lipinski definition) is 7. The number of carbonyl (C=O) groups is 1. The summed E-state index contributed by atoms with van der Waals surface area (Å²) in [5, 5.41) is 8.71. The van der Waals surface area contributed by atoms with Crippen molar-refractivity contribution in [3.8, 4) is 22.6 Å². The van der Waals surface area contributed by atoms with E-state index in [2.05, 4.69) is 49.4 Å². The lowest BCUT2D eigenvalue weighted by Gasteiger charge is -2.35. The number of carbonyl (C=O) groups excluding carboxylic acids is 1. The molecule has 0 radical (unpaired) electrons. The standard InChI is InChI=1S/C29H27N7O2/c1-38-25-13-11-24(12-14-25)36-29-27(32-33-36)28(30-20-31-29)35-17-15-34(16-18-35)26(37)19-21-7-9-23(10-8-21)22-5-3-2-4-6-22/h2-14,20H,15-19H2,1H3. The molecule has 0 atom stereocenters. The van der Waals surface area contributed by atoms with Crippen molar-refractivity contribution < 1.29 is 9.53 Å². The van der Waals surface area contributed by atoms with Crippen LogP contribution in [0.4, 0.5) is 5.82 Å². The Morgan fingerprint density at radius 1 is 0.842 bits per heavy atom. The van der Waals surface area contributed by atoms with Gasteiger partial charge in [0.05, 0.1) is 19.2 Å². The van der Waals surface area contributed by atoms with Gasteiger partial charge in [-0.1, -0.05) is 59.8 Å². The van der Waals surface area contributed by atoms with Crippen LogP contribution in [0.2, 0.25) is 0 Å². The summed E-state index contributed by atoms with van der Waals surface area (Å²) in [7, 11) is 1.63. The molecular weight excluding hydrogens is 478 g/mol. The fourth-order valence-electron chi connectivity index (χ4n) is 4.77. The second-order valence-corrected chi connectivity index (χ2v) is 9.18. The number of fused-ring (bicyclic) bond motifs is 1. The van der Waals surface area contributed by atoms with E-state index in [0.717, 1.165) is 28.4 Å². The molecule has 0 unspecified atom stereocenters. The largest absolute Gasteiger partial charge is 0.497 e. The maximum absolute atomic E-state index is 13.0. The highest BCUT2D eigenvalue weighted by atomic mass is 16.5. The fraction of sp³-hybridized carbons (Fsp3) is 0.207. The number of amides is 1. The minimum Gasteiger partial charge on any atom is -0.497 e. The quantitative estimate of drug-likeness (QED) is 0.347. The highest BCUT2D eigenvalue weighted by molar-refractivity contribution is 5.84. The average Bonchev–Trinajstić information content (AvgIpc) is 3.43. The van der Waals surface area contributed by atoms with Crippen LogP contribution in [-0.4, -0.2) is 69.1 Å². The minimum absolute atomic E-state index is 0.135. The van der Waals surface area contributed by atoms with E-state index in [0.29, 0.717) is 43.8 Å². The molecule has 38 heavy (non-hydrogen) atoms. The molecule has 0 spiro atoms. The molecule has 9 heteroatoms. The lowest BCUT2D eigenvalue weighted by atomic mass is 10.0. The van der Waals surface area contributed by atoms with Crippen LogP contribution < -0.4 is 9.64 Å². The van der Waals surface area contributed by atoms with Gasteiger partial charge in [0, 0.05) is 26.2 Å². The van der Waals surface area contributed by atoms with Gasteiger partial charge in [-0.25, -0.2) is 9.97 Å². The number of aromatic nitrogens is 5. The lowest BCUT2D eigenvalue weighted by molar-refractivity contribution is -0.130. The molecule has 1 aliphatic heterocycles. The summed E-state index contributed by atoms with van der Waals surface area (Å²) < 4.78 is 6.94. The first-order valence-electron chi connectivity index (χ1n) is 12.6. The average molecular weight is 506 g/mol. The molecule has 0 aliphatic carbocycles. The molecule has 6 rings (SSSR count). The van der Waals surface area contributed by atoms with Gasteiger partial charge in [-0.15, -0.1) is 5.10 Å². The Morgan fingerprint density at radius 2 is 1.55 bits per heavy atom. The summed E-state index contributed by atoms with van der Waals surface area (Å²) in [6.45, 7) is 2.58. The highest BCUT2D eigenvalue weighted by Gasteiger charge is 2.25. The summed E-state index contributed by atoms with van der Waals surface area (Å²) in [6.07, 6.45) is 1.93. The summed E-state index contributed by atoms with van der Waals surface area (Å²) in [6, 6.07) is 26.1. The van der Waals surface area contributed by atoms with Crippen LogP contribution in [0.5, 0.6) is 5.75 Å². The Bertz CT molecular complexity index is 1540. The maximum Gasteiger partial charge on any atom is 0.227 e. The van der Waals surface area contributed by atoms with Crippen molar-refractivity contribution in [2.45, 2.75) is 6.42 Å². The third kappa shape index (κ3) is 4.66. The number of hydrogen-bond donors (Lipinski definition) is 0. The Hall–Kier alpha value is -4.79. The van der Waals surface area contributed by atoms with Gasteiger partial charge in [0.2, 0.25) is 5.91 Å². The van der Waals surface area contributed by atoms with Crippen molar-refractivity contribution in [2.24, 2.45) is 0 Å². The number of rotatable bonds is 6. The number of ether oxygens (including phenoxy) is 1. The number of methoxy groups -OCH3 is 1. The first-order valence-corrected chi connectivity index (χ1v) is 12.6. The number of nitrogens with zero attached hydrogens (tertiary/aromatic N) is 7. The highest BCUT2D eigenvalue weighted by Crippen LogP contribution is 2.25. The van der Waals surface area contributed by atoms with E-state index >= 15 is 0 Å². The maximum atomic E-state index is 13.0. The molecule has 0 saturated carbocycles. The number of piperazine rings is 1. The predicted octanol–water partition coefficient (Wildman–Crippen LogP) is 3.78. The van der Waals surface area contributed by atoms with E-state index in [1.807, 2.05) is 59.5 Å². The van der Waals surface area contributed by atoms with Gasteiger partial charge in [-0.05, 0) is 41.0 Å². The van der Waals surface area contributed by atoms with Crippen LogP contribution in [0.25, 0.3) is 28.0 Å². The van der Waals surface area contributed by atoms with Crippen molar-refractivity contribution in [1.82, 2.24) is 29.9 Å². The fourth-order valence-corrected chi connectivity index (χ4v) is 4.77. The Balaban J connectivity index is 1.11. The van der Waals surface area contributed by atoms with E-state index < -0.39 is 0 Å². The zero-order valence-corrected chi connectivity index (χ0v) is 21.1. The van der Waals surface area contributed by atoms with Gasteiger partial charge in [0.1, 0.15) is 12.1 Å². The van der Waals surface area contributed by atoms with Crippen molar-refractivity contribution in [3.05, 3.63) is 90.8 Å². The monoisotopic (exact) mass is 505 g/mol. The summed E-state index contributed by atoms with van der Waals surface area (Å²) >= 11 is 0. The molecule has 0 bridgehead atoms. The van der Waals surface area contributed by atoms with Crippen LogP contribution in [0.1, 0.15) is 5.56 Å². The molecule has 3 heterocycles. The van der Waals surface area contributed by atoms with E-state index in [-0.39, 0.29) is 5.91 Å². The van der Waals surface area contributed by atoms with E-state index in [4.69, 9.17) is 4.74 Å². The molecule has 9 nitrogen and oxygen atoms in total. The smallest absolute Gasteiger partial charge is 0.227 e. The van der Waals surface area contributed by atoms with Crippen molar-refractivity contribution in [1.29, 1.82) is 0 Å². The van der Waals surface area contributed by atoms with Gasteiger partial charge in [0.25, 0.3) is 0 Å². The third-order valence-electron chi connectivity index (χ3n) is 6.88. The normalized spacial score (nSPS) is 13.6. The van der Waals surface area contributed by atoms with Crippen molar-refractivity contribution in [2.75, 3.05) is 38.2 Å². The first kappa shape index (κ1) is 23.6. The van der Waals surface area contributed by atoms with E-state index in [1.165, 1.54) is 11.9 Å². The predicted molar refractivity (Wildman–Crippen MR) is 145 cm³/mol. The van der Waals surface area contributed by atoms with Gasteiger partial charge in [0.15, 0.2) is 17.0 Å². The molecular formula is C29H27N7O2. The molecule has 1 aliphatic rings. The van der Waals surface area contributed by atoms with Crippen LogP contribution in [-0.2, 0) is 11.2 Å². The SMILES string of the molecule is COc1ccc(-n2nnc3c(N4CCN(C(=O)Cc5ccc(-c6ccccc6)cc5)CC4)ncnc32)cc1. The molecule has 1 saturated heterocycles. The second-order valence-electron chi connectivity index (χ2n) is 9.18. The van der Waals surface area contributed by atoms with Crippen LogP contribution >= 0.6 is 0 Å². The van der Waals surface area contributed by atoms with Crippen LogP contribution in [0, 0.1) is 0 Å². The first-order chi connectivity index (χ1) is 18.7. The summed E-state index contributed by atoms with van der Waals surface area (Å²) in [5.74, 6) is 1.64. The Morgan fingerprint density at radius 3 is 2.26 bits per heavy atom. The van der Waals surface area contributed by atoms with Gasteiger partial charge < -0.3 is 14.5 Å². The Kier molecular flexibility index (Phi) is 6.39. The number of anilines is 1. The van der Waals surface area contributed by atoms with Gasteiger partial charge >= 0.3 is 0 Å². The topological polar surface area (TPSA) is 89.3 Å². The van der Waals surface area contributed by atoms with E-state index in [9.17, 15) is 4.79 Å². The van der Waals surface area contributed by atoms with Gasteiger partial charge in [-0.2, -0.15) is 4.68 Å². The minimum atomic E-state index is 0.135. The van der Waals surface area contributed by atoms with E-state index in [1.54, 1.807) is 11.8 Å². The molecule has 3 aromatic carbocycles. The second kappa shape index (κ2) is 10.3. The van der Waals surface area contributed by atoms with Gasteiger partial charge in [-0.3, -0.25) is 4.79 Å². The molecule has 2 aromatic heterocycles. The summed E-state index contributed by atoms with van der Waals surface area (Å²) in [4.78, 5) is 26.1. The van der Waals surface area contributed by atoms with Crippen LogP contribution in [0.3, 0.4) is 0 Å². The third-order valence-corrected chi connectivity index (χ3v) is 6.88. The van der Waals surface area contributed by atoms with Crippen LogP contribution in [0.15, 0.2) is 85.2 Å². The molecule has 0 N–H and O–H groups in total. The number of benzene rings is 3. The molecule has 1 fully saturated rings. The Labute approximate surface area is 220 Å². The molecule has 5 aromatic rings. The summed E-state index contributed by atoms with van der Waals surface area (Å²) in [5.41, 5.74) is 5.45. The zero-order chi connectivity index (χ0) is 25.9.